The molecule has 5 rings (SSSR count). The van der Waals surface area contributed by atoms with Crippen molar-refractivity contribution >= 4 is 22.8 Å². The van der Waals surface area contributed by atoms with Crippen LogP contribution in [0.3, 0.4) is 0 Å². The lowest BCUT2D eigenvalue weighted by Crippen LogP contribution is -2.34. The Labute approximate surface area is 203 Å². The lowest BCUT2D eigenvalue weighted by molar-refractivity contribution is -0.137. The van der Waals surface area contributed by atoms with Crippen molar-refractivity contribution in [2.24, 2.45) is 0 Å². The van der Waals surface area contributed by atoms with E-state index in [9.17, 15) is 27.9 Å². The summed E-state index contributed by atoms with van der Waals surface area (Å²) in [6, 6.07) is 14.5. The van der Waals surface area contributed by atoms with Crippen molar-refractivity contribution in [3.8, 4) is 11.5 Å². The summed E-state index contributed by atoms with van der Waals surface area (Å²) in [5.41, 5.74) is 1.25. The summed E-state index contributed by atoms with van der Waals surface area (Å²) < 4.78 is 44.5. The molecule has 1 amide bonds. The molecular weight excluding hydrogens is 473 g/mol. The zero-order chi connectivity index (χ0) is 25.7. The van der Waals surface area contributed by atoms with Gasteiger partial charge in [-0.2, -0.15) is 13.2 Å². The third-order valence-electron chi connectivity index (χ3n) is 6.43. The minimum absolute atomic E-state index is 0.204. The second-order valence-corrected chi connectivity index (χ2v) is 8.88. The molecule has 4 aromatic rings. The van der Waals surface area contributed by atoms with Gasteiger partial charge in [0.05, 0.1) is 27.6 Å². The van der Waals surface area contributed by atoms with Crippen LogP contribution in [-0.2, 0) is 11.7 Å². The van der Waals surface area contributed by atoms with E-state index in [0.29, 0.717) is 40.6 Å². The number of hydrogen-bond donors (Lipinski definition) is 3. The Kier molecular flexibility index (Phi) is 5.50. The molecule has 0 radical (unpaired) electrons. The molecule has 1 heterocycles. The van der Waals surface area contributed by atoms with Gasteiger partial charge < -0.3 is 20.1 Å². The molecule has 0 saturated heterocycles. The average Bonchev–Trinajstić information content (AvgIpc) is 3.47. The minimum atomic E-state index is -4.45. The van der Waals surface area contributed by atoms with Gasteiger partial charge in [-0.1, -0.05) is 18.2 Å². The van der Waals surface area contributed by atoms with E-state index in [2.05, 4.69) is 10.3 Å². The van der Waals surface area contributed by atoms with Gasteiger partial charge in [-0.05, 0) is 73.4 Å². The van der Waals surface area contributed by atoms with Crippen LogP contribution in [0.2, 0.25) is 0 Å². The zero-order valence-electron chi connectivity index (χ0n) is 19.1. The Hall–Kier alpha value is -4.27. The van der Waals surface area contributed by atoms with Gasteiger partial charge in [-0.3, -0.25) is 4.79 Å². The van der Waals surface area contributed by atoms with Gasteiger partial charge in [-0.25, -0.2) is 4.79 Å². The van der Waals surface area contributed by atoms with Crippen molar-refractivity contribution in [2.45, 2.75) is 31.5 Å². The highest BCUT2D eigenvalue weighted by Gasteiger charge is 2.46. The summed E-state index contributed by atoms with van der Waals surface area (Å²) in [5, 5.41) is 12.9. The van der Waals surface area contributed by atoms with E-state index in [4.69, 9.17) is 4.74 Å². The minimum Gasteiger partial charge on any atom is -0.478 e. The summed E-state index contributed by atoms with van der Waals surface area (Å²) in [7, 11) is 0. The van der Waals surface area contributed by atoms with Crippen molar-refractivity contribution in [1.82, 2.24) is 10.3 Å². The third kappa shape index (κ3) is 4.28. The molecule has 1 fully saturated rings. The van der Waals surface area contributed by atoms with E-state index in [-0.39, 0.29) is 17.2 Å². The van der Waals surface area contributed by atoms with E-state index in [1.807, 2.05) is 0 Å². The number of ether oxygens (including phenoxy) is 1. The fraction of sp³-hybridized carbons (Fsp3) is 0.185. The van der Waals surface area contributed by atoms with Gasteiger partial charge in [0.1, 0.15) is 11.5 Å². The summed E-state index contributed by atoms with van der Waals surface area (Å²) in [5.74, 6) is -0.824. The molecule has 0 unspecified atom stereocenters. The van der Waals surface area contributed by atoms with Crippen LogP contribution in [0.15, 0.2) is 66.9 Å². The molecule has 1 aromatic heterocycles. The van der Waals surface area contributed by atoms with E-state index in [1.165, 1.54) is 12.1 Å². The van der Waals surface area contributed by atoms with E-state index in [1.54, 1.807) is 49.5 Å². The predicted octanol–water partition coefficient (Wildman–Crippen LogP) is 6.40. The number of carboxylic acid groups (broad SMARTS) is 1. The number of benzene rings is 3. The molecule has 0 atom stereocenters. The highest BCUT2D eigenvalue weighted by atomic mass is 19.4. The highest BCUT2D eigenvalue weighted by molar-refractivity contribution is 6.09. The predicted molar refractivity (Wildman–Crippen MR) is 126 cm³/mol. The number of aromatic nitrogens is 1. The Bertz CT molecular complexity index is 1490. The van der Waals surface area contributed by atoms with Crippen molar-refractivity contribution in [1.29, 1.82) is 0 Å². The number of carboxylic acids is 1. The van der Waals surface area contributed by atoms with Crippen molar-refractivity contribution in [3.63, 3.8) is 0 Å². The number of carbonyl (C=O) groups is 2. The maximum Gasteiger partial charge on any atom is 0.416 e. The first-order valence-corrected chi connectivity index (χ1v) is 11.2. The van der Waals surface area contributed by atoms with Crippen LogP contribution in [0.1, 0.15) is 50.2 Å². The molecule has 0 spiro atoms. The van der Waals surface area contributed by atoms with E-state index < -0.39 is 23.2 Å². The number of fused-ring (bicyclic) bond motifs is 1. The number of carbonyl (C=O) groups excluding carboxylic acids is 1. The molecule has 3 aromatic carbocycles. The summed E-state index contributed by atoms with van der Waals surface area (Å²) in [4.78, 5) is 27.8. The molecule has 1 aliphatic rings. The Morgan fingerprint density at radius 2 is 1.75 bits per heavy atom. The first kappa shape index (κ1) is 23.5. The van der Waals surface area contributed by atoms with Gasteiger partial charge in [0.2, 0.25) is 0 Å². The van der Waals surface area contributed by atoms with Crippen LogP contribution >= 0.6 is 0 Å². The van der Waals surface area contributed by atoms with E-state index in [0.717, 1.165) is 17.7 Å². The number of halogens is 3. The zero-order valence-corrected chi connectivity index (χ0v) is 19.1. The fourth-order valence-corrected chi connectivity index (χ4v) is 4.35. The lowest BCUT2D eigenvalue weighted by Gasteiger charge is -2.19. The highest BCUT2D eigenvalue weighted by Crippen LogP contribution is 2.46. The van der Waals surface area contributed by atoms with Gasteiger partial charge >= 0.3 is 12.1 Å². The normalized spacial score (nSPS) is 14.4. The van der Waals surface area contributed by atoms with Crippen LogP contribution in [-0.4, -0.2) is 22.0 Å². The first-order valence-electron chi connectivity index (χ1n) is 11.2. The van der Waals surface area contributed by atoms with Gasteiger partial charge in [0.15, 0.2) is 0 Å². The number of aromatic amines is 1. The summed E-state index contributed by atoms with van der Waals surface area (Å²) in [6.07, 6.45) is -1.46. The molecule has 36 heavy (non-hydrogen) atoms. The summed E-state index contributed by atoms with van der Waals surface area (Å²) >= 11 is 0. The van der Waals surface area contributed by atoms with Crippen LogP contribution in [0, 0.1) is 6.92 Å². The number of H-pyrrole nitrogens is 1. The Morgan fingerprint density at radius 3 is 2.36 bits per heavy atom. The molecule has 6 nitrogen and oxygen atoms in total. The standard InChI is InChI=1S/C27H21F3N2O4/c1-15-13-17(7-10-19(15)25(34)35)26(11-12-26)32-24(33)20-14-31-21-3-2-4-22(23(20)21)36-18-8-5-16(6-9-18)27(28,29)30/h2-10,13-14,31H,11-12H2,1H3,(H,32,33)(H,34,35). The lowest BCUT2D eigenvalue weighted by atomic mass is 9.98. The van der Waals surface area contributed by atoms with Crippen LogP contribution in [0.25, 0.3) is 10.9 Å². The molecule has 1 aliphatic carbocycles. The van der Waals surface area contributed by atoms with Crippen molar-refractivity contribution < 1.29 is 32.6 Å². The maximum atomic E-state index is 13.4. The van der Waals surface area contributed by atoms with Crippen LogP contribution in [0.5, 0.6) is 11.5 Å². The molecule has 9 heteroatoms. The number of rotatable bonds is 6. The smallest absolute Gasteiger partial charge is 0.416 e. The molecule has 3 N–H and O–H groups in total. The molecule has 1 saturated carbocycles. The fourth-order valence-electron chi connectivity index (χ4n) is 4.35. The Morgan fingerprint density at radius 1 is 1.03 bits per heavy atom. The third-order valence-corrected chi connectivity index (χ3v) is 6.43. The summed E-state index contributed by atoms with van der Waals surface area (Å²) in [6.45, 7) is 1.72. The van der Waals surface area contributed by atoms with Gasteiger partial charge in [0.25, 0.3) is 5.91 Å². The molecular formula is C27H21F3N2O4. The average molecular weight is 494 g/mol. The number of alkyl halides is 3. The van der Waals surface area contributed by atoms with E-state index >= 15 is 0 Å². The van der Waals surface area contributed by atoms with Gasteiger partial charge in [0, 0.05) is 11.7 Å². The second-order valence-electron chi connectivity index (χ2n) is 8.88. The SMILES string of the molecule is Cc1cc(C2(NC(=O)c3c[nH]c4cccc(Oc5ccc(C(F)(F)F)cc5)c34)CC2)ccc1C(=O)O. The second kappa shape index (κ2) is 8.44. The number of aryl methyl sites for hydroxylation is 1. The molecule has 184 valence electrons. The largest absolute Gasteiger partial charge is 0.478 e. The number of hydrogen-bond acceptors (Lipinski definition) is 3. The van der Waals surface area contributed by atoms with Crippen molar-refractivity contribution in [2.75, 3.05) is 0 Å². The molecule has 0 aliphatic heterocycles. The maximum absolute atomic E-state index is 13.4. The van der Waals surface area contributed by atoms with Crippen molar-refractivity contribution in [3.05, 3.63) is 94.7 Å². The van der Waals surface area contributed by atoms with Crippen LogP contribution in [0.4, 0.5) is 13.2 Å². The topological polar surface area (TPSA) is 91.4 Å². The Balaban J connectivity index is 1.42. The number of aromatic carboxylic acids is 1. The number of amides is 1. The van der Waals surface area contributed by atoms with Crippen LogP contribution < -0.4 is 10.1 Å². The first-order chi connectivity index (χ1) is 17.1. The quantitative estimate of drug-likeness (QED) is 0.289. The molecule has 0 bridgehead atoms. The monoisotopic (exact) mass is 494 g/mol. The van der Waals surface area contributed by atoms with Gasteiger partial charge in [-0.15, -0.1) is 0 Å². The number of nitrogens with one attached hydrogen (secondary N) is 2.